The first-order valence-corrected chi connectivity index (χ1v) is 7.73. The van der Waals surface area contributed by atoms with Gasteiger partial charge in [-0.15, -0.1) is 0 Å². The van der Waals surface area contributed by atoms with Gasteiger partial charge in [0.05, 0.1) is 11.4 Å². The molecular formula is C19H22N2. The maximum absolute atomic E-state index is 4.87. The van der Waals surface area contributed by atoms with Crippen molar-refractivity contribution in [3.8, 4) is 11.3 Å². The summed E-state index contributed by atoms with van der Waals surface area (Å²) in [5.74, 6) is 0. The Morgan fingerprint density at radius 1 is 0.952 bits per heavy atom. The molecule has 2 heteroatoms. The van der Waals surface area contributed by atoms with Crippen molar-refractivity contribution in [2.45, 2.75) is 40.0 Å². The van der Waals surface area contributed by atoms with E-state index < -0.39 is 0 Å². The standard InChI is InChI=1S/C19H22N2/c1-4-5-6-17-19(16-10-7-14(2)8-11-16)20-18-12-9-15(3)13-21(17)18/h7-13H,4-6H2,1-3H3. The van der Waals surface area contributed by atoms with Crippen LogP contribution in [0.3, 0.4) is 0 Å². The molecule has 0 bridgehead atoms. The summed E-state index contributed by atoms with van der Waals surface area (Å²) in [5.41, 5.74) is 7.28. The van der Waals surface area contributed by atoms with Gasteiger partial charge in [-0.1, -0.05) is 49.2 Å². The molecule has 0 aliphatic carbocycles. The maximum Gasteiger partial charge on any atom is 0.137 e. The van der Waals surface area contributed by atoms with Gasteiger partial charge in [-0.2, -0.15) is 0 Å². The number of unbranched alkanes of at least 4 members (excludes halogenated alkanes) is 1. The van der Waals surface area contributed by atoms with Gasteiger partial charge in [-0.3, -0.25) is 0 Å². The molecule has 2 aromatic heterocycles. The van der Waals surface area contributed by atoms with Crippen molar-refractivity contribution in [2.24, 2.45) is 0 Å². The van der Waals surface area contributed by atoms with Gasteiger partial charge in [0, 0.05) is 11.8 Å². The van der Waals surface area contributed by atoms with Crippen LogP contribution in [-0.2, 0) is 6.42 Å². The van der Waals surface area contributed by atoms with Crippen LogP contribution in [0, 0.1) is 13.8 Å². The number of hydrogen-bond acceptors (Lipinski definition) is 1. The summed E-state index contributed by atoms with van der Waals surface area (Å²) in [4.78, 5) is 4.87. The normalized spacial score (nSPS) is 11.2. The van der Waals surface area contributed by atoms with Gasteiger partial charge >= 0.3 is 0 Å². The Balaban J connectivity index is 2.18. The van der Waals surface area contributed by atoms with Crippen LogP contribution in [0.4, 0.5) is 0 Å². The minimum atomic E-state index is 1.04. The molecule has 0 N–H and O–H groups in total. The van der Waals surface area contributed by atoms with Crippen LogP contribution in [0.2, 0.25) is 0 Å². The third kappa shape index (κ3) is 2.71. The molecule has 108 valence electrons. The highest BCUT2D eigenvalue weighted by Gasteiger charge is 2.13. The van der Waals surface area contributed by atoms with E-state index in [0.29, 0.717) is 0 Å². The first-order chi connectivity index (χ1) is 10.2. The second kappa shape index (κ2) is 5.72. The topological polar surface area (TPSA) is 17.3 Å². The molecule has 0 amide bonds. The predicted molar refractivity (Wildman–Crippen MR) is 88.7 cm³/mol. The van der Waals surface area contributed by atoms with E-state index >= 15 is 0 Å². The van der Waals surface area contributed by atoms with Gasteiger partial charge in [0.2, 0.25) is 0 Å². The quantitative estimate of drug-likeness (QED) is 0.659. The minimum Gasteiger partial charge on any atom is -0.303 e. The summed E-state index contributed by atoms with van der Waals surface area (Å²) in [6, 6.07) is 12.9. The number of nitrogens with zero attached hydrogens (tertiary/aromatic N) is 2. The lowest BCUT2D eigenvalue weighted by Gasteiger charge is -2.05. The highest BCUT2D eigenvalue weighted by Crippen LogP contribution is 2.26. The smallest absolute Gasteiger partial charge is 0.137 e. The van der Waals surface area contributed by atoms with Gasteiger partial charge < -0.3 is 4.40 Å². The third-order valence-electron chi connectivity index (χ3n) is 3.96. The van der Waals surface area contributed by atoms with E-state index in [0.717, 1.165) is 17.8 Å². The molecule has 0 saturated heterocycles. The Morgan fingerprint density at radius 2 is 1.67 bits per heavy atom. The van der Waals surface area contributed by atoms with E-state index in [1.807, 2.05) is 0 Å². The van der Waals surface area contributed by atoms with Crippen LogP contribution in [-0.4, -0.2) is 9.38 Å². The molecule has 0 unspecified atom stereocenters. The van der Waals surface area contributed by atoms with Crippen LogP contribution >= 0.6 is 0 Å². The first-order valence-electron chi connectivity index (χ1n) is 7.73. The summed E-state index contributed by atoms with van der Waals surface area (Å²) in [5, 5.41) is 0. The van der Waals surface area contributed by atoms with Crippen LogP contribution in [0.5, 0.6) is 0 Å². The lowest BCUT2D eigenvalue weighted by Crippen LogP contribution is -1.95. The van der Waals surface area contributed by atoms with Crippen molar-refractivity contribution < 1.29 is 0 Å². The summed E-state index contributed by atoms with van der Waals surface area (Å²) in [6.45, 7) is 6.49. The van der Waals surface area contributed by atoms with Crippen molar-refractivity contribution >= 4 is 5.65 Å². The van der Waals surface area contributed by atoms with Crippen LogP contribution < -0.4 is 0 Å². The largest absolute Gasteiger partial charge is 0.303 e. The molecule has 0 atom stereocenters. The van der Waals surface area contributed by atoms with Crippen LogP contribution in [0.25, 0.3) is 16.9 Å². The van der Waals surface area contributed by atoms with Gasteiger partial charge in [-0.25, -0.2) is 4.98 Å². The van der Waals surface area contributed by atoms with Crippen molar-refractivity contribution in [1.29, 1.82) is 0 Å². The molecule has 0 spiro atoms. The van der Waals surface area contributed by atoms with Crippen molar-refractivity contribution in [1.82, 2.24) is 9.38 Å². The fraction of sp³-hybridized carbons (Fsp3) is 0.316. The zero-order valence-electron chi connectivity index (χ0n) is 13.1. The summed E-state index contributed by atoms with van der Waals surface area (Å²) >= 11 is 0. The lowest BCUT2D eigenvalue weighted by atomic mass is 10.1. The van der Waals surface area contributed by atoms with Gasteiger partial charge in [0.25, 0.3) is 0 Å². The average Bonchev–Trinajstić information content (AvgIpc) is 2.83. The zero-order valence-corrected chi connectivity index (χ0v) is 13.1. The van der Waals surface area contributed by atoms with Gasteiger partial charge in [-0.05, 0) is 38.3 Å². The number of rotatable bonds is 4. The van der Waals surface area contributed by atoms with Gasteiger partial charge in [0.15, 0.2) is 0 Å². The van der Waals surface area contributed by atoms with Crippen LogP contribution in [0.15, 0.2) is 42.6 Å². The summed E-state index contributed by atoms with van der Waals surface area (Å²) < 4.78 is 2.26. The molecular weight excluding hydrogens is 256 g/mol. The number of aryl methyl sites for hydroxylation is 3. The zero-order chi connectivity index (χ0) is 14.8. The predicted octanol–water partition coefficient (Wildman–Crippen LogP) is 4.96. The average molecular weight is 278 g/mol. The Morgan fingerprint density at radius 3 is 2.38 bits per heavy atom. The third-order valence-corrected chi connectivity index (χ3v) is 3.96. The molecule has 0 aliphatic heterocycles. The fourth-order valence-electron chi connectivity index (χ4n) is 2.73. The van der Waals surface area contributed by atoms with Gasteiger partial charge in [0.1, 0.15) is 5.65 Å². The van der Waals surface area contributed by atoms with E-state index in [2.05, 4.69) is 67.8 Å². The first kappa shape index (κ1) is 13.9. The number of aromatic nitrogens is 2. The molecule has 2 nitrogen and oxygen atoms in total. The summed E-state index contributed by atoms with van der Waals surface area (Å²) in [6.07, 6.45) is 5.67. The monoisotopic (exact) mass is 278 g/mol. The summed E-state index contributed by atoms with van der Waals surface area (Å²) in [7, 11) is 0. The highest BCUT2D eigenvalue weighted by molar-refractivity contribution is 5.67. The minimum absolute atomic E-state index is 1.04. The SMILES string of the molecule is CCCCc1c(-c2ccc(C)cc2)nc2ccc(C)cn12. The molecule has 0 aliphatic rings. The number of imidazole rings is 1. The van der Waals surface area contributed by atoms with E-state index in [-0.39, 0.29) is 0 Å². The second-order valence-corrected chi connectivity index (χ2v) is 5.81. The molecule has 3 rings (SSSR count). The van der Waals surface area contributed by atoms with Crippen LogP contribution in [0.1, 0.15) is 36.6 Å². The number of fused-ring (bicyclic) bond motifs is 1. The number of benzene rings is 1. The fourth-order valence-corrected chi connectivity index (χ4v) is 2.73. The Kier molecular flexibility index (Phi) is 3.78. The Bertz CT molecular complexity index is 751. The Hall–Kier alpha value is -2.09. The van der Waals surface area contributed by atoms with E-state index in [1.165, 1.54) is 35.2 Å². The molecule has 0 fully saturated rings. The van der Waals surface area contributed by atoms with Crippen molar-refractivity contribution in [2.75, 3.05) is 0 Å². The van der Waals surface area contributed by atoms with E-state index in [1.54, 1.807) is 0 Å². The molecule has 2 heterocycles. The molecule has 1 aromatic carbocycles. The molecule has 0 radical (unpaired) electrons. The molecule has 3 aromatic rings. The lowest BCUT2D eigenvalue weighted by molar-refractivity contribution is 0.771. The Labute approximate surface area is 126 Å². The maximum atomic E-state index is 4.87. The van der Waals surface area contributed by atoms with Crippen molar-refractivity contribution in [3.63, 3.8) is 0 Å². The van der Waals surface area contributed by atoms with E-state index in [4.69, 9.17) is 4.98 Å². The molecule has 21 heavy (non-hydrogen) atoms. The second-order valence-electron chi connectivity index (χ2n) is 5.81. The van der Waals surface area contributed by atoms with Crippen molar-refractivity contribution in [3.05, 3.63) is 59.4 Å². The number of pyridine rings is 1. The number of hydrogen-bond donors (Lipinski definition) is 0. The molecule has 0 saturated carbocycles. The highest BCUT2D eigenvalue weighted by atomic mass is 15.0. The van der Waals surface area contributed by atoms with E-state index in [9.17, 15) is 0 Å².